The van der Waals surface area contributed by atoms with E-state index < -0.39 is 0 Å². The highest BCUT2D eigenvalue weighted by Gasteiger charge is 1.83. The van der Waals surface area contributed by atoms with Crippen LogP contribution in [0.1, 0.15) is 39.5 Å². The second-order valence-corrected chi connectivity index (χ2v) is 3.83. The van der Waals surface area contributed by atoms with Gasteiger partial charge in [0.05, 0.1) is 39.6 Å². The van der Waals surface area contributed by atoms with Gasteiger partial charge in [-0.25, -0.2) is 0 Å². The molecule has 4 N–H and O–H groups in total. The van der Waals surface area contributed by atoms with E-state index >= 15 is 0 Å². The van der Waals surface area contributed by atoms with E-state index in [9.17, 15) is 0 Å². The van der Waals surface area contributed by atoms with Gasteiger partial charge in [-0.3, -0.25) is 0 Å². The first-order valence-electron chi connectivity index (χ1n) is 7.33. The van der Waals surface area contributed by atoms with Crippen LogP contribution in [0.25, 0.3) is 0 Å². The largest absolute Gasteiger partial charge is 0.394 e. The lowest BCUT2D eigenvalue weighted by Crippen LogP contribution is -1.99. The molecule has 0 amide bonds. The summed E-state index contributed by atoms with van der Waals surface area (Å²) in [5, 5.41) is 31.7. The summed E-state index contributed by atoms with van der Waals surface area (Å²) in [4.78, 5) is 0. The van der Waals surface area contributed by atoms with Gasteiger partial charge in [0.1, 0.15) is 0 Å². The number of unbranched alkanes of at least 4 members (excludes halogenated alkanes) is 2. The Labute approximate surface area is 123 Å². The summed E-state index contributed by atoms with van der Waals surface area (Å²) in [6.45, 7) is 6.81. The normalized spacial score (nSPS) is 9.30. The molecule has 0 aliphatic carbocycles. The second-order valence-electron chi connectivity index (χ2n) is 3.83. The molecular weight excluding hydrogens is 264 g/mol. The van der Waals surface area contributed by atoms with Gasteiger partial charge >= 0.3 is 0 Å². The summed E-state index contributed by atoms with van der Waals surface area (Å²) in [5.41, 5.74) is 0. The Hall–Kier alpha value is -0.240. The van der Waals surface area contributed by atoms with E-state index in [1.807, 2.05) is 0 Å². The van der Waals surface area contributed by atoms with Gasteiger partial charge in [-0.05, 0) is 12.8 Å². The Balaban J connectivity index is -0.000000230. The van der Waals surface area contributed by atoms with Crippen LogP contribution in [0, 0.1) is 0 Å². The standard InChI is InChI=1S/2C6H14O2.C2H6O2/c2*1-2-3-5-8-6-4-7;3-1-2-4/h2*7H,2-6H2,1H3;3-4H,1-2H2. The molecule has 0 radical (unpaired) electrons. The van der Waals surface area contributed by atoms with Crippen molar-refractivity contribution in [3.05, 3.63) is 0 Å². The summed E-state index contributed by atoms with van der Waals surface area (Å²) in [6.07, 6.45) is 4.51. The van der Waals surface area contributed by atoms with E-state index in [0.29, 0.717) is 13.2 Å². The number of aliphatic hydroxyl groups is 4. The first kappa shape index (κ1) is 24.8. The minimum absolute atomic E-state index is 0.125. The van der Waals surface area contributed by atoms with Gasteiger partial charge in [-0.15, -0.1) is 0 Å². The molecule has 0 rings (SSSR count). The van der Waals surface area contributed by atoms with Crippen molar-refractivity contribution >= 4 is 0 Å². The highest BCUT2D eigenvalue weighted by Crippen LogP contribution is 1.86. The molecule has 0 atom stereocenters. The van der Waals surface area contributed by atoms with Crippen molar-refractivity contribution in [1.82, 2.24) is 0 Å². The fourth-order valence-electron chi connectivity index (χ4n) is 0.826. The molecule has 0 aromatic rings. The second kappa shape index (κ2) is 31.3. The molecule has 126 valence electrons. The minimum Gasteiger partial charge on any atom is -0.394 e. The molecule has 0 saturated heterocycles. The Bertz CT molecular complexity index is 98.2. The molecular formula is C14H34O6. The van der Waals surface area contributed by atoms with Crippen molar-refractivity contribution in [2.75, 3.05) is 52.9 Å². The molecule has 0 unspecified atom stereocenters. The van der Waals surface area contributed by atoms with E-state index in [0.717, 1.165) is 38.9 Å². The van der Waals surface area contributed by atoms with Gasteiger partial charge in [-0.1, -0.05) is 26.7 Å². The van der Waals surface area contributed by atoms with E-state index in [4.69, 9.17) is 29.9 Å². The zero-order valence-electron chi connectivity index (χ0n) is 13.1. The maximum Gasteiger partial charge on any atom is 0.0697 e. The molecule has 20 heavy (non-hydrogen) atoms. The van der Waals surface area contributed by atoms with E-state index in [1.165, 1.54) is 0 Å². The molecule has 0 saturated carbocycles. The Morgan fingerprint density at radius 3 is 1.10 bits per heavy atom. The summed E-state index contributed by atoms with van der Waals surface area (Å²) in [5.74, 6) is 0. The molecule has 6 nitrogen and oxygen atoms in total. The summed E-state index contributed by atoms with van der Waals surface area (Å²) in [6, 6.07) is 0. The van der Waals surface area contributed by atoms with Gasteiger partial charge in [0.25, 0.3) is 0 Å². The van der Waals surface area contributed by atoms with Gasteiger partial charge in [0, 0.05) is 13.2 Å². The van der Waals surface area contributed by atoms with Crippen LogP contribution in [0.15, 0.2) is 0 Å². The average molecular weight is 298 g/mol. The van der Waals surface area contributed by atoms with Crippen molar-refractivity contribution in [2.45, 2.75) is 39.5 Å². The van der Waals surface area contributed by atoms with E-state index in [-0.39, 0.29) is 26.4 Å². The highest BCUT2D eigenvalue weighted by molar-refractivity contribution is 4.31. The third kappa shape index (κ3) is 43.1. The van der Waals surface area contributed by atoms with Gasteiger partial charge in [0.15, 0.2) is 0 Å². The number of hydrogen-bond acceptors (Lipinski definition) is 6. The molecule has 0 heterocycles. The van der Waals surface area contributed by atoms with Crippen LogP contribution in [0.4, 0.5) is 0 Å². The highest BCUT2D eigenvalue weighted by atomic mass is 16.5. The predicted octanol–water partition coefficient (Wildman–Crippen LogP) is 0.562. The topological polar surface area (TPSA) is 99.4 Å². The van der Waals surface area contributed by atoms with Crippen molar-refractivity contribution in [3.8, 4) is 0 Å². The third-order valence-electron chi connectivity index (χ3n) is 1.86. The smallest absolute Gasteiger partial charge is 0.0697 e. The van der Waals surface area contributed by atoms with E-state index in [1.54, 1.807) is 0 Å². The van der Waals surface area contributed by atoms with Crippen LogP contribution in [0.2, 0.25) is 0 Å². The summed E-state index contributed by atoms with van der Waals surface area (Å²) >= 11 is 0. The monoisotopic (exact) mass is 298 g/mol. The van der Waals surface area contributed by atoms with Crippen LogP contribution < -0.4 is 0 Å². The van der Waals surface area contributed by atoms with Gasteiger partial charge in [-0.2, -0.15) is 0 Å². The van der Waals surface area contributed by atoms with Crippen molar-refractivity contribution in [3.63, 3.8) is 0 Å². The molecule has 0 aliphatic heterocycles. The fourth-order valence-corrected chi connectivity index (χ4v) is 0.826. The van der Waals surface area contributed by atoms with Gasteiger partial charge in [0.2, 0.25) is 0 Å². The SMILES string of the molecule is CCCCOCCO.CCCCOCCO.OCCO. The van der Waals surface area contributed by atoms with Crippen LogP contribution in [-0.2, 0) is 9.47 Å². The Morgan fingerprint density at radius 2 is 0.900 bits per heavy atom. The molecule has 0 bridgehead atoms. The maximum absolute atomic E-state index is 8.24. The predicted molar refractivity (Wildman–Crippen MR) is 79.8 cm³/mol. The number of aliphatic hydroxyl groups excluding tert-OH is 4. The van der Waals surface area contributed by atoms with Crippen molar-refractivity contribution in [2.24, 2.45) is 0 Å². The molecule has 0 spiro atoms. The van der Waals surface area contributed by atoms with Crippen LogP contribution in [-0.4, -0.2) is 73.3 Å². The molecule has 0 aromatic carbocycles. The van der Waals surface area contributed by atoms with Gasteiger partial charge < -0.3 is 29.9 Å². The average Bonchev–Trinajstić information content (AvgIpc) is 2.49. The number of ether oxygens (including phenoxy) is 2. The third-order valence-corrected chi connectivity index (χ3v) is 1.86. The fraction of sp³-hybridized carbons (Fsp3) is 1.00. The molecule has 0 aromatic heterocycles. The van der Waals surface area contributed by atoms with Crippen LogP contribution >= 0.6 is 0 Å². The molecule has 0 aliphatic rings. The summed E-state index contributed by atoms with van der Waals surface area (Å²) < 4.78 is 9.95. The number of hydrogen-bond donors (Lipinski definition) is 4. The Kier molecular flexibility index (Phi) is 38.7. The van der Waals surface area contributed by atoms with Crippen molar-refractivity contribution in [1.29, 1.82) is 0 Å². The molecule has 6 heteroatoms. The van der Waals surface area contributed by atoms with E-state index in [2.05, 4.69) is 13.8 Å². The van der Waals surface area contributed by atoms with Crippen LogP contribution in [0.5, 0.6) is 0 Å². The quantitative estimate of drug-likeness (QED) is 0.416. The minimum atomic E-state index is -0.125. The zero-order valence-corrected chi connectivity index (χ0v) is 13.1. The zero-order chi connectivity index (χ0) is 15.9. The number of rotatable bonds is 11. The lowest BCUT2D eigenvalue weighted by Gasteiger charge is -1.97. The van der Waals surface area contributed by atoms with Crippen LogP contribution in [0.3, 0.4) is 0 Å². The lowest BCUT2D eigenvalue weighted by molar-refractivity contribution is 0.0904. The first-order chi connectivity index (χ1) is 9.74. The van der Waals surface area contributed by atoms with Crippen molar-refractivity contribution < 1.29 is 29.9 Å². The first-order valence-corrected chi connectivity index (χ1v) is 7.33. The molecule has 0 fully saturated rings. The lowest BCUT2D eigenvalue weighted by atomic mass is 10.4. The maximum atomic E-state index is 8.24. The Morgan fingerprint density at radius 1 is 0.550 bits per heavy atom. The summed E-state index contributed by atoms with van der Waals surface area (Å²) in [7, 11) is 0.